The Balaban J connectivity index is 2.05. The second-order valence-electron chi connectivity index (χ2n) is 6.60. The molecule has 0 radical (unpaired) electrons. The topological polar surface area (TPSA) is 64.1 Å². The molecule has 26 heavy (non-hydrogen) atoms. The van der Waals surface area contributed by atoms with Crippen LogP contribution < -0.4 is 10.1 Å². The lowest BCUT2D eigenvalue weighted by molar-refractivity contribution is -0.122. The van der Waals surface area contributed by atoms with E-state index in [1.165, 1.54) is 6.08 Å². The van der Waals surface area contributed by atoms with Crippen LogP contribution in [-0.4, -0.2) is 22.5 Å². The Morgan fingerprint density at radius 2 is 2.19 bits per heavy atom. The number of hydrogen-bond acceptors (Lipinski definition) is 4. The van der Waals surface area contributed by atoms with Gasteiger partial charge in [0.15, 0.2) is 5.75 Å². The molecule has 1 aromatic heterocycles. The molecule has 1 N–H and O–H groups in total. The number of amides is 1. The van der Waals surface area contributed by atoms with Crippen molar-refractivity contribution < 1.29 is 13.9 Å². The molecule has 1 aliphatic rings. The van der Waals surface area contributed by atoms with Crippen LogP contribution in [0.2, 0.25) is 0 Å². The van der Waals surface area contributed by atoms with Gasteiger partial charge in [-0.15, -0.1) is 6.58 Å². The molecule has 1 unspecified atom stereocenters. The number of allylic oxidation sites excluding steroid dienone is 4. The Labute approximate surface area is 154 Å². The van der Waals surface area contributed by atoms with Crippen molar-refractivity contribution in [3.63, 3.8) is 0 Å². The molecular formula is C20H26FN3O2. The van der Waals surface area contributed by atoms with Gasteiger partial charge in [0, 0.05) is 11.3 Å². The summed E-state index contributed by atoms with van der Waals surface area (Å²) in [6.07, 6.45) is 7.63. The van der Waals surface area contributed by atoms with E-state index in [1.807, 2.05) is 13.8 Å². The van der Waals surface area contributed by atoms with Crippen LogP contribution in [0, 0.1) is 25.2 Å². The highest BCUT2D eigenvalue weighted by molar-refractivity contribution is 5.84. The van der Waals surface area contributed by atoms with Gasteiger partial charge in [-0.2, -0.15) is 0 Å². The molecule has 5 nitrogen and oxygen atoms in total. The lowest BCUT2D eigenvalue weighted by Crippen LogP contribution is -2.29. The molecule has 0 bridgehead atoms. The van der Waals surface area contributed by atoms with Gasteiger partial charge >= 0.3 is 0 Å². The standard InChI is InChI=1S/C20H26FN3O2/c1-6-9-20(12-26-18-11-22-14(5)23-13(18)4)10-15(20)19(25)24-17(8-3)16(21)7-2/h6-8,11,15H,1,9-10,12H2,2-5H3,(H,24,25)/b16-7+,17-8+/t15?,20-/m1/s1. The van der Waals surface area contributed by atoms with Crippen LogP contribution >= 0.6 is 0 Å². The molecule has 1 amide bonds. The van der Waals surface area contributed by atoms with E-state index in [-0.39, 0.29) is 22.9 Å². The summed E-state index contributed by atoms with van der Waals surface area (Å²) in [7, 11) is 0. The first-order valence-electron chi connectivity index (χ1n) is 8.70. The summed E-state index contributed by atoms with van der Waals surface area (Å²) in [5.41, 5.74) is 0.633. The molecule has 1 fully saturated rings. The van der Waals surface area contributed by atoms with E-state index in [2.05, 4.69) is 21.9 Å². The first-order chi connectivity index (χ1) is 12.4. The molecule has 0 aromatic carbocycles. The first kappa shape index (κ1) is 19.8. The normalized spacial score (nSPS) is 22.7. The third-order valence-electron chi connectivity index (χ3n) is 4.68. The Kier molecular flexibility index (Phi) is 6.29. The Hall–Kier alpha value is -2.50. The average molecular weight is 359 g/mol. The number of carbonyl (C=O) groups is 1. The second kappa shape index (κ2) is 8.25. The highest BCUT2D eigenvalue weighted by Crippen LogP contribution is 2.56. The van der Waals surface area contributed by atoms with Crippen molar-refractivity contribution in [2.75, 3.05) is 6.61 Å². The summed E-state index contributed by atoms with van der Waals surface area (Å²) < 4.78 is 19.7. The lowest BCUT2D eigenvalue weighted by Gasteiger charge is -2.17. The molecule has 6 heteroatoms. The molecule has 2 rings (SSSR count). The van der Waals surface area contributed by atoms with Crippen molar-refractivity contribution >= 4 is 5.91 Å². The number of aryl methyl sites for hydroxylation is 2. The van der Waals surface area contributed by atoms with Crippen LogP contribution in [0.15, 0.2) is 42.5 Å². The summed E-state index contributed by atoms with van der Waals surface area (Å²) in [6.45, 7) is 11.1. The molecule has 2 atom stereocenters. The van der Waals surface area contributed by atoms with Crippen LogP contribution in [0.3, 0.4) is 0 Å². The maximum atomic E-state index is 13.8. The number of rotatable bonds is 8. The summed E-state index contributed by atoms with van der Waals surface area (Å²) in [5, 5.41) is 2.67. The van der Waals surface area contributed by atoms with Crippen molar-refractivity contribution in [2.45, 2.75) is 40.5 Å². The molecule has 0 spiro atoms. The number of carbonyl (C=O) groups excluding carboxylic acids is 1. The largest absolute Gasteiger partial charge is 0.489 e. The molecule has 1 heterocycles. The van der Waals surface area contributed by atoms with Crippen LogP contribution in [0.5, 0.6) is 5.75 Å². The lowest BCUT2D eigenvalue weighted by atomic mass is 10.00. The zero-order valence-electron chi connectivity index (χ0n) is 15.8. The van der Waals surface area contributed by atoms with Crippen molar-refractivity contribution in [1.82, 2.24) is 15.3 Å². The molecule has 0 saturated heterocycles. The number of halogens is 1. The van der Waals surface area contributed by atoms with Gasteiger partial charge in [0.1, 0.15) is 11.7 Å². The highest BCUT2D eigenvalue weighted by atomic mass is 19.1. The maximum Gasteiger partial charge on any atom is 0.228 e. The minimum atomic E-state index is -0.445. The van der Waals surface area contributed by atoms with Crippen molar-refractivity contribution in [1.29, 1.82) is 0 Å². The van der Waals surface area contributed by atoms with Gasteiger partial charge in [-0.1, -0.05) is 12.2 Å². The Morgan fingerprint density at radius 1 is 1.46 bits per heavy atom. The van der Waals surface area contributed by atoms with Crippen molar-refractivity contribution in [2.24, 2.45) is 11.3 Å². The van der Waals surface area contributed by atoms with Gasteiger partial charge < -0.3 is 10.1 Å². The third-order valence-corrected chi connectivity index (χ3v) is 4.68. The predicted molar refractivity (Wildman–Crippen MR) is 99.1 cm³/mol. The minimum absolute atomic E-state index is 0.195. The number of aromatic nitrogens is 2. The Bertz CT molecular complexity index is 757. The van der Waals surface area contributed by atoms with Gasteiger partial charge in [0.05, 0.1) is 24.2 Å². The van der Waals surface area contributed by atoms with E-state index in [9.17, 15) is 9.18 Å². The van der Waals surface area contributed by atoms with Crippen molar-refractivity contribution in [3.8, 4) is 5.75 Å². The molecule has 1 aliphatic carbocycles. The molecule has 140 valence electrons. The third kappa shape index (κ3) is 4.36. The van der Waals surface area contributed by atoms with E-state index in [0.717, 1.165) is 5.69 Å². The van der Waals surface area contributed by atoms with Gasteiger partial charge in [-0.3, -0.25) is 4.79 Å². The van der Waals surface area contributed by atoms with Gasteiger partial charge in [0.25, 0.3) is 0 Å². The van der Waals surface area contributed by atoms with Crippen LogP contribution in [-0.2, 0) is 4.79 Å². The fourth-order valence-electron chi connectivity index (χ4n) is 3.03. The van der Waals surface area contributed by atoms with Crippen LogP contribution in [0.4, 0.5) is 4.39 Å². The molecule has 1 aromatic rings. The minimum Gasteiger partial charge on any atom is -0.489 e. The highest BCUT2D eigenvalue weighted by Gasteiger charge is 2.58. The number of nitrogens with one attached hydrogen (secondary N) is 1. The smallest absolute Gasteiger partial charge is 0.228 e. The average Bonchev–Trinajstić information content (AvgIpc) is 3.33. The van der Waals surface area contributed by atoms with Crippen LogP contribution in [0.1, 0.15) is 38.2 Å². The van der Waals surface area contributed by atoms with Crippen LogP contribution in [0.25, 0.3) is 0 Å². The fraction of sp³-hybridized carbons (Fsp3) is 0.450. The summed E-state index contributed by atoms with van der Waals surface area (Å²) in [5.74, 6) is 0.409. The zero-order chi connectivity index (χ0) is 19.3. The van der Waals surface area contributed by atoms with Gasteiger partial charge in [0.2, 0.25) is 5.91 Å². The second-order valence-corrected chi connectivity index (χ2v) is 6.60. The van der Waals surface area contributed by atoms with Gasteiger partial charge in [-0.05, 0) is 46.6 Å². The molecule has 0 aliphatic heterocycles. The predicted octanol–water partition coefficient (Wildman–Crippen LogP) is 3.95. The monoisotopic (exact) mass is 359 g/mol. The number of nitrogens with zero attached hydrogens (tertiary/aromatic N) is 2. The first-order valence-corrected chi connectivity index (χ1v) is 8.70. The van der Waals surface area contributed by atoms with E-state index < -0.39 is 5.83 Å². The maximum absolute atomic E-state index is 13.8. The van der Waals surface area contributed by atoms with E-state index >= 15 is 0 Å². The van der Waals surface area contributed by atoms with Crippen molar-refractivity contribution in [3.05, 3.63) is 54.0 Å². The van der Waals surface area contributed by atoms with E-state index in [4.69, 9.17) is 4.74 Å². The Morgan fingerprint density at radius 3 is 2.77 bits per heavy atom. The van der Waals surface area contributed by atoms with E-state index in [1.54, 1.807) is 32.2 Å². The SMILES string of the molecule is C=CC[C@]1(COc2cnc(C)nc2C)CC1C(=O)NC(=C/C)/C(F)=C\C. The van der Waals surface area contributed by atoms with E-state index in [0.29, 0.717) is 31.0 Å². The summed E-state index contributed by atoms with van der Waals surface area (Å²) >= 11 is 0. The zero-order valence-corrected chi connectivity index (χ0v) is 15.8. The molecular weight excluding hydrogens is 333 g/mol. The fourth-order valence-corrected chi connectivity index (χ4v) is 3.03. The van der Waals surface area contributed by atoms with Gasteiger partial charge in [-0.25, -0.2) is 14.4 Å². The summed E-state index contributed by atoms with van der Waals surface area (Å²) in [6, 6.07) is 0. The molecule has 1 saturated carbocycles. The summed E-state index contributed by atoms with van der Waals surface area (Å²) in [4.78, 5) is 21.0. The quantitative estimate of drug-likeness (QED) is 0.564. The number of ether oxygens (including phenoxy) is 1. The number of hydrogen-bond donors (Lipinski definition) is 1.